The van der Waals surface area contributed by atoms with Gasteiger partial charge in [-0.1, -0.05) is 29.8 Å². The number of hydrazone groups is 1. The van der Waals surface area contributed by atoms with Gasteiger partial charge in [-0.15, -0.1) is 0 Å². The van der Waals surface area contributed by atoms with Gasteiger partial charge in [0.2, 0.25) is 0 Å². The predicted molar refractivity (Wildman–Crippen MR) is 111 cm³/mol. The number of aromatic hydroxyl groups is 1. The molecule has 2 aromatic rings. The van der Waals surface area contributed by atoms with Gasteiger partial charge in [0, 0.05) is 27.7 Å². The van der Waals surface area contributed by atoms with Gasteiger partial charge in [-0.3, -0.25) is 19.7 Å². The Balaban J connectivity index is 2.07. The molecule has 2 aromatic carbocycles. The number of hydrogen-bond donors (Lipinski definition) is 3. The maximum Gasteiger partial charge on any atom is 0.270 e. The van der Waals surface area contributed by atoms with E-state index in [0.29, 0.717) is 5.56 Å². The van der Waals surface area contributed by atoms with Gasteiger partial charge in [-0.05, 0) is 36.2 Å². The summed E-state index contributed by atoms with van der Waals surface area (Å²) in [4.78, 5) is 35.0. The number of nitrogens with one attached hydrogen (secondary N) is 2. The van der Waals surface area contributed by atoms with E-state index in [9.17, 15) is 24.8 Å². The molecule has 3 N–H and O–H groups in total. The minimum absolute atomic E-state index is 0.0690. The summed E-state index contributed by atoms with van der Waals surface area (Å²) in [6, 6.07) is 9.26. The van der Waals surface area contributed by atoms with Crippen molar-refractivity contribution >= 4 is 39.6 Å². The third kappa shape index (κ3) is 6.11. The van der Waals surface area contributed by atoms with Gasteiger partial charge in [0.15, 0.2) is 0 Å². The van der Waals surface area contributed by atoms with Crippen molar-refractivity contribution in [3.05, 3.63) is 68.2 Å². The summed E-state index contributed by atoms with van der Waals surface area (Å²) in [5.74, 6) is -1.42. The highest BCUT2D eigenvalue weighted by molar-refractivity contribution is 9.10. The van der Waals surface area contributed by atoms with E-state index < -0.39 is 22.8 Å². The van der Waals surface area contributed by atoms with Crippen LogP contribution in [-0.2, 0) is 4.79 Å². The number of halogens is 1. The third-order valence-electron chi connectivity index (χ3n) is 3.94. The van der Waals surface area contributed by atoms with Crippen molar-refractivity contribution < 1.29 is 19.6 Å². The fourth-order valence-electron chi connectivity index (χ4n) is 2.35. The van der Waals surface area contributed by atoms with Crippen molar-refractivity contribution in [3.63, 3.8) is 0 Å². The van der Waals surface area contributed by atoms with Crippen molar-refractivity contribution in [1.82, 2.24) is 10.7 Å². The highest BCUT2D eigenvalue weighted by atomic mass is 79.9. The molecule has 0 spiro atoms. The average Bonchev–Trinajstić information content (AvgIpc) is 2.67. The smallest absolute Gasteiger partial charge is 0.270 e. The Morgan fingerprint density at radius 1 is 1.21 bits per heavy atom. The fraction of sp³-hybridized carbons (Fsp3) is 0.211. The van der Waals surface area contributed by atoms with E-state index in [1.165, 1.54) is 0 Å². The second-order valence-corrected chi connectivity index (χ2v) is 7.35. The van der Waals surface area contributed by atoms with Crippen LogP contribution < -0.4 is 10.7 Å². The Kier molecular flexibility index (Phi) is 7.43. The van der Waals surface area contributed by atoms with Crippen molar-refractivity contribution in [3.8, 4) is 5.75 Å². The average molecular weight is 463 g/mol. The normalized spacial score (nSPS) is 12.0. The van der Waals surface area contributed by atoms with Gasteiger partial charge >= 0.3 is 0 Å². The lowest BCUT2D eigenvalue weighted by atomic mass is 10.0. The van der Waals surface area contributed by atoms with Crippen molar-refractivity contribution in [2.24, 2.45) is 11.0 Å². The molecule has 0 aromatic heterocycles. The maximum absolute atomic E-state index is 12.4. The second kappa shape index (κ2) is 9.78. The van der Waals surface area contributed by atoms with E-state index in [1.54, 1.807) is 38.1 Å². The number of carbonyl (C=O) groups is 2. The van der Waals surface area contributed by atoms with E-state index in [-0.39, 0.29) is 22.9 Å². The van der Waals surface area contributed by atoms with Crippen LogP contribution >= 0.6 is 15.9 Å². The highest BCUT2D eigenvalue weighted by Crippen LogP contribution is 2.21. The molecule has 0 heterocycles. The Bertz CT molecular complexity index is 944. The van der Waals surface area contributed by atoms with Gasteiger partial charge in [0.25, 0.3) is 17.5 Å². The Morgan fingerprint density at radius 3 is 2.45 bits per heavy atom. The number of nitro groups is 1. The van der Waals surface area contributed by atoms with Crippen LogP contribution in [0.5, 0.6) is 5.75 Å². The van der Waals surface area contributed by atoms with Crippen molar-refractivity contribution in [1.29, 1.82) is 0 Å². The molecule has 0 radical (unpaired) electrons. The molecule has 0 bridgehead atoms. The monoisotopic (exact) mass is 462 g/mol. The predicted octanol–water partition coefficient (Wildman–Crippen LogP) is 2.97. The van der Waals surface area contributed by atoms with Crippen LogP contribution in [0.15, 0.2) is 52.0 Å². The number of hydrogen-bond acceptors (Lipinski definition) is 6. The lowest BCUT2D eigenvalue weighted by Gasteiger charge is -2.20. The number of nitro benzene ring substituents is 1. The molecule has 0 aliphatic heterocycles. The molecule has 1 unspecified atom stereocenters. The number of nitrogens with zero attached hydrogens (tertiary/aromatic N) is 2. The summed E-state index contributed by atoms with van der Waals surface area (Å²) >= 11 is 3.29. The number of amides is 2. The summed E-state index contributed by atoms with van der Waals surface area (Å²) in [7, 11) is 0. The first kappa shape index (κ1) is 22.0. The summed E-state index contributed by atoms with van der Waals surface area (Å²) in [6.45, 7) is 3.53. The highest BCUT2D eigenvalue weighted by Gasteiger charge is 2.24. The van der Waals surface area contributed by atoms with Crippen LogP contribution in [0.1, 0.15) is 29.8 Å². The lowest BCUT2D eigenvalue weighted by molar-refractivity contribution is -0.384. The summed E-state index contributed by atoms with van der Waals surface area (Å²) in [5.41, 5.74) is 2.53. The topological polar surface area (TPSA) is 134 Å². The molecule has 10 heteroatoms. The fourth-order valence-corrected chi connectivity index (χ4v) is 2.62. The SMILES string of the molecule is CC(C)C(NC(=O)c1ccc(Br)cc1)C(=O)N/N=C/c1cc([N+](=O)[O-])ccc1O. The van der Waals surface area contributed by atoms with E-state index in [1.807, 2.05) is 0 Å². The first-order chi connectivity index (χ1) is 13.7. The Labute approximate surface area is 175 Å². The number of non-ortho nitro benzene ring substituents is 1. The van der Waals surface area contributed by atoms with Crippen LogP contribution in [0.3, 0.4) is 0 Å². The quantitative estimate of drug-likeness (QED) is 0.330. The van der Waals surface area contributed by atoms with E-state index >= 15 is 0 Å². The van der Waals surface area contributed by atoms with E-state index in [4.69, 9.17) is 0 Å². The number of carbonyl (C=O) groups excluding carboxylic acids is 2. The zero-order chi connectivity index (χ0) is 21.6. The zero-order valence-electron chi connectivity index (χ0n) is 15.6. The molecule has 1 atom stereocenters. The van der Waals surface area contributed by atoms with Crippen LogP contribution in [0.4, 0.5) is 5.69 Å². The molecule has 0 saturated carbocycles. The van der Waals surface area contributed by atoms with Gasteiger partial charge in [-0.2, -0.15) is 5.10 Å². The number of phenolic OH excluding ortho intramolecular Hbond substituents is 1. The van der Waals surface area contributed by atoms with Crippen molar-refractivity contribution in [2.75, 3.05) is 0 Å². The lowest BCUT2D eigenvalue weighted by Crippen LogP contribution is -2.48. The van der Waals surface area contributed by atoms with Crippen LogP contribution in [-0.4, -0.2) is 34.1 Å². The van der Waals surface area contributed by atoms with Gasteiger partial charge in [-0.25, -0.2) is 5.43 Å². The standard InChI is InChI=1S/C19H19BrN4O5/c1-11(2)17(22-18(26)12-3-5-14(20)6-4-12)19(27)23-21-10-13-9-15(24(28)29)7-8-16(13)25/h3-11,17,25H,1-2H3,(H,22,26)(H,23,27)/b21-10+. The van der Waals surface area contributed by atoms with E-state index in [0.717, 1.165) is 28.9 Å². The van der Waals surface area contributed by atoms with Gasteiger partial charge < -0.3 is 10.4 Å². The van der Waals surface area contributed by atoms with E-state index in [2.05, 4.69) is 31.8 Å². The van der Waals surface area contributed by atoms with Gasteiger partial charge in [0.05, 0.1) is 11.1 Å². The first-order valence-corrected chi connectivity index (χ1v) is 9.35. The molecule has 0 fully saturated rings. The number of benzene rings is 2. The maximum atomic E-state index is 12.4. The summed E-state index contributed by atoms with van der Waals surface area (Å²) < 4.78 is 0.825. The first-order valence-electron chi connectivity index (χ1n) is 8.55. The molecule has 0 saturated heterocycles. The molecule has 0 aliphatic rings. The molecule has 9 nitrogen and oxygen atoms in total. The Morgan fingerprint density at radius 2 is 1.86 bits per heavy atom. The minimum Gasteiger partial charge on any atom is -0.507 e. The summed E-state index contributed by atoms with van der Waals surface area (Å²) in [5, 5.41) is 27.0. The third-order valence-corrected chi connectivity index (χ3v) is 4.47. The summed E-state index contributed by atoms with van der Waals surface area (Å²) in [6.07, 6.45) is 1.09. The molecule has 2 rings (SSSR count). The molecule has 0 aliphatic carbocycles. The largest absolute Gasteiger partial charge is 0.507 e. The second-order valence-electron chi connectivity index (χ2n) is 6.44. The number of phenols is 1. The van der Waals surface area contributed by atoms with Crippen LogP contribution in [0, 0.1) is 16.0 Å². The molecule has 152 valence electrons. The van der Waals surface area contributed by atoms with Gasteiger partial charge in [0.1, 0.15) is 11.8 Å². The van der Waals surface area contributed by atoms with Crippen LogP contribution in [0.2, 0.25) is 0 Å². The van der Waals surface area contributed by atoms with Crippen LogP contribution in [0.25, 0.3) is 0 Å². The molecule has 29 heavy (non-hydrogen) atoms. The Hall–Kier alpha value is -3.27. The minimum atomic E-state index is -0.859. The molecular weight excluding hydrogens is 444 g/mol. The van der Waals surface area contributed by atoms with Crippen molar-refractivity contribution in [2.45, 2.75) is 19.9 Å². The number of rotatable bonds is 7. The molecule has 2 amide bonds. The zero-order valence-corrected chi connectivity index (χ0v) is 17.2. The molecular formula is C19H19BrN4O5.